The lowest BCUT2D eigenvalue weighted by Crippen LogP contribution is -2.38. The Labute approximate surface area is 217 Å². The van der Waals surface area contributed by atoms with E-state index in [4.69, 9.17) is 9.73 Å². The minimum atomic E-state index is -0.418. The Morgan fingerprint density at radius 2 is 1.75 bits per heavy atom. The third-order valence-corrected chi connectivity index (χ3v) is 7.32. The van der Waals surface area contributed by atoms with Crippen molar-refractivity contribution in [3.05, 3.63) is 93.7 Å². The van der Waals surface area contributed by atoms with Gasteiger partial charge in [0, 0.05) is 5.70 Å². The molecule has 2 aromatic rings. The molecule has 7 heteroatoms. The predicted molar refractivity (Wildman–Crippen MR) is 145 cm³/mol. The summed E-state index contributed by atoms with van der Waals surface area (Å²) in [5, 5.41) is 5.82. The molecule has 2 unspecified atom stereocenters. The fourth-order valence-corrected chi connectivity index (χ4v) is 5.46. The van der Waals surface area contributed by atoms with Gasteiger partial charge in [-0.15, -0.1) is 0 Å². The van der Waals surface area contributed by atoms with E-state index in [0.717, 1.165) is 22.0 Å². The first-order chi connectivity index (χ1) is 17.3. The van der Waals surface area contributed by atoms with Crippen molar-refractivity contribution >= 4 is 28.8 Å². The van der Waals surface area contributed by atoms with E-state index in [2.05, 4.69) is 43.4 Å². The summed E-state index contributed by atoms with van der Waals surface area (Å²) in [6.45, 7) is 10.2. The van der Waals surface area contributed by atoms with Gasteiger partial charge in [0.15, 0.2) is 5.17 Å². The second-order valence-electron chi connectivity index (χ2n) is 9.31. The summed E-state index contributed by atoms with van der Waals surface area (Å²) in [6, 6.07) is 17.7. The largest absolute Gasteiger partial charge is 0.463 e. The van der Waals surface area contributed by atoms with Gasteiger partial charge >= 0.3 is 5.97 Å². The monoisotopic (exact) mass is 503 g/mol. The molecule has 2 aromatic carbocycles. The van der Waals surface area contributed by atoms with Crippen LogP contribution in [0.5, 0.6) is 0 Å². The van der Waals surface area contributed by atoms with E-state index in [9.17, 15) is 9.59 Å². The molecule has 2 aliphatic rings. The maximum Gasteiger partial charge on any atom is 0.338 e. The number of carbonyl (C=O) groups excluding carboxylic acids is 2. The minimum Gasteiger partial charge on any atom is -0.463 e. The molecule has 2 atom stereocenters. The second kappa shape index (κ2) is 11.2. The molecular formula is C29H33N3O3S. The number of rotatable bonds is 8. The van der Waals surface area contributed by atoms with Crippen LogP contribution in [-0.4, -0.2) is 28.6 Å². The lowest BCUT2D eigenvalue weighted by Gasteiger charge is -2.36. The topological polar surface area (TPSA) is 71.0 Å². The number of nitrogens with zero attached hydrogens (tertiary/aromatic N) is 2. The van der Waals surface area contributed by atoms with Crippen LogP contribution in [0.25, 0.3) is 0 Å². The number of hydrogen-bond acceptors (Lipinski definition) is 6. The molecule has 1 amide bonds. The fraction of sp³-hybridized carbons (Fsp3) is 0.345. The quantitative estimate of drug-likeness (QED) is 0.433. The maximum absolute atomic E-state index is 13.1. The Hall–Kier alpha value is -3.32. The molecular weight excluding hydrogens is 470 g/mol. The molecule has 1 N–H and O–H groups in total. The number of nitrogens with one attached hydrogen (secondary N) is 1. The van der Waals surface area contributed by atoms with E-state index in [1.165, 1.54) is 17.3 Å². The number of carbonyl (C=O) groups is 2. The molecule has 0 saturated heterocycles. The smallest absolute Gasteiger partial charge is 0.338 e. The van der Waals surface area contributed by atoms with Crippen LogP contribution in [0.1, 0.15) is 75.7 Å². The summed E-state index contributed by atoms with van der Waals surface area (Å²) >= 11 is 1.48. The highest BCUT2D eigenvalue weighted by molar-refractivity contribution is 8.16. The maximum atomic E-state index is 13.1. The summed E-state index contributed by atoms with van der Waals surface area (Å²) in [4.78, 5) is 32.9. The minimum absolute atomic E-state index is 0.0858. The molecule has 0 aromatic heterocycles. The van der Waals surface area contributed by atoms with Gasteiger partial charge in [0.2, 0.25) is 5.91 Å². The Morgan fingerprint density at radius 1 is 1.06 bits per heavy atom. The van der Waals surface area contributed by atoms with Gasteiger partial charge in [-0.05, 0) is 48.8 Å². The molecule has 2 heterocycles. The summed E-state index contributed by atoms with van der Waals surface area (Å²) in [5.41, 5.74) is 5.19. The van der Waals surface area contributed by atoms with Gasteiger partial charge in [-0.1, -0.05) is 80.2 Å². The van der Waals surface area contributed by atoms with Crippen LogP contribution in [-0.2, 0) is 14.3 Å². The Bertz CT molecular complexity index is 1220. The third kappa shape index (κ3) is 5.41. The molecule has 6 nitrogen and oxygen atoms in total. The SMILES string of the molecule is CCOC(=O)C1=C(C)N=C2SC=C(CC(=O)NC(C)c3ccccc3)N2C1c1ccc(C(C)C)cc1. The second-order valence-corrected chi connectivity index (χ2v) is 10.1. The van der Waals surface area contributed by atoms with Gasteiger partial charge < -0.3 is 15.0 Å². The number of fused-ring (bicyclic) bond motifs is 1. The highest BCUT2D eigenvalue weighted by Gasteiger charge is 2.41. The van der Waals surface area contributed by atoms with E-state index >= 15 is 0 Å². The lowest BCUT2D eigenvalue weighted by molar-refractivity contribution is -0.139. The normalized spacial score (nSPS) is 17.9. The van der Waals surface area contributed by atoms with Crippen LogP contribution >= 0.6 is 11.8 Å². The number of ether oxygens (including phenoxy) is 1. The van der Waals surface area contributed by atoms with Gasteiger partial charge in [0.1, 0.15) is 0 Å². The standard InChI is InChI=1S/C29H33N3O3S/c1-6-35-28(34)26-20(5)31-29-32(27(26)23-14-12-21(13-15-23)18(2)3)24(17-36-29)16-25(33)30-19(4)22-10-8-7-9-11-22/h7-15,17-19,27H,6,16H2,1-5H3,(H,30,33). The molecule has 188 valence electrons. The molecule has 0 saturated carbocycles. The number of allylic oxidation sites excluding steroid dienone is 1. The Balaban J connectivity index is 1.63. The molecule has 0 bridgehead atoms. The van der Waals surface area contributed by atoms with Crippen LogP contribution < -0.4 is 5.32 Å². The number of aliphatic imine (C=N–C) groups is 1. The average molecular weight is 504 g/mol. The van der Waals surface area contributed by atoms with E-state index < -0.39 is 6.04 Å². The molecule has 36 heavy (non-hydrogen) atoms. The number of esters is 1. The Kier molecular flexibility index (Phi) is 7.99. The highest BCUT2D eigenvalue weighted by Crippen LogP contribution is 2.45. The molecule has 2 aliphatic heterocycles. The number of hydrogen-bond donors (Lipinski definition) is 1. The van der Waals surface area contributed by atoms with Gasteiger partial charge in [0.25, 0.3) is 0 Å². The van der Waals surface area contributed by atoms with Crippen LogP contribution in [0.2, 0.25) is 0 Å². The summed E-state index contributed by atoms with van der Waals surface area (Å²) in [6.07, 6.45) is 0.179. The van der Waals surface area contributed by atoms with Crippen molar-refractivity contribution in [3.63, 3.8) is 0 Å². The molecule has 0 spiro atoms. The summed E-state index contributed by atoms with van der Waals surface area (Å²) < 4.78 is 5.43. The zero-order valence-electron chi connectivity index (χ0n) is 21.4. The van der Waals surface area contributed by atoms with Gasteiger partial charge in [-0.2, -0.15) is 0 Å². The molecule has 0 radical (unpaired) electrons. The van der Waals surface area contributed by atoms with Crippen molar-refractivity contribution in [2.45, 2.75) is 59.0 Å². The number of benzene rings is 2. The van der Waals surface area contributed by atoms with Gasteiger partial charge in [-0.3, -0.25) is 4.79 Å². The van der Waals surface area contributed by atoms with E-state index in [1.807, 2.05) is 54.5 Å². The van der Waals surface area contributed by atoms with Crippen LogP contribution in [0.4, 0.5) is 0 Å². The van der Waals surface area contributed by atoms with Crippen molar-refractivity contribution in [2.24, 2.45) is 4.99 Å². The first kappa shape index (κ1) is 25.8. The van der Waals surface area contributed by atoms with Crippen molar-refractivity contribution in [3.8, 4) is 0 Å². The average Bonchev–Trinajstić information content (AvgIpc) is 3.25. The number of amidine groups is 1. The summed E-state index contributed by atoms with van der Waals surface area (Å²) in [7, 11) is 0. The molecule has 0 aliphatic carbocycles. The highest BCUT2D eigenvalue weighted by atomic mass is 32.2. The third-order valence-electron chi connectivity index (χ3n) is 6.43. The summed E-state index contributed by atoms with van der Waals surface area (Å²) in [5.74, 6) is -0.0658. The number of thioether (sulfide) groups is 1. The van der Waals surface area contributed by atoms with Crippen molar-refractivity contribution in [1.29, 1.82) is 0 Å². The van der Waals surface area contributed by atoms with Crippen LogP contribution in [0.15, 0.2) is 82.0 Å². The fourth-order valence-electron chi connectivity index (χ4n) is 4.50. The first-order valence-electron chi connectivity index (χ1n) is 12.4. The van der Waals surface area contributed by atoms with E-state index in [1.54, 1.807) is 6.92 Å². The Morgan fingerprint density at radius 3 is 2.39 bits per heavy atom. The first-order valence-corrected chi connectivity index (χ1v) is 13.2. The zero-order chi connectivity index (χ0) is 25.8. The van der Waals surface area contributed by atoms with Gasteiger partial charge in [-0.25, -0.2) is 9.79 Å². The van der Waals surface area contributed by atoms with Crippen LogP contribution in [0, 0.1) is 0 Å². The van der Waals surface area contributed by atoms with Crippen molar-refractivity contribution in [2.75, 3.05) is 6.61 Å². The van der Waals surface area contributed by atoms with Crippen molar-refractivity contribution < 1.29 is 14.3 Å². The zero-order valence-corrected chi connectivity index (χ0v) is 22.3. The number of amides is 1. The van der Waals surface area contributed by atoms with Crippen molar-refractivity contribution in [1.82, 2.24) is 10.2 Å². The van der Waals surface area contributed by atoms with E-state index in [0.29, 0.717) is 17.2 Å². The van der Waals surface area contributed by atoms with Crippen LogP contribution in [0.3, 0.4) is 0 Å². The van der Waals surface area contributed by atoms with Gasteiger partial charge in [0.05, 0.1) is 36.4 Å². The molecule has 0 fully saturated rings. The molecule has 4 rings (SSSR count). The van der Waals surface area contributed by atoms with E-state index in [-0.39, 0.29) is 30.9 Å². The lowest BCUT2D eigenvalue weighted by atomic mass is 9.92. The predicted octanol–water partition coefficient (Wildman–Crippen LogP) is 6.22.